The summed E-state index contributed by atoms with van der Waals surface area (Å²) in [6.45, 7) is 4.65. The maximum Gasteiger partial charge on any atom is 0.408 e. The smallest absolute Gasteiger partial charge is 0.408 e. The number of benzene rings is 2. The second-order valence-electron chi connectivity index (χ2n) is 6.24. The molecule has 134 valence electrons. The largest absolute Gasteiger partial charge is 0.433 e. The van der Waals surface area contributed by atoms with E-state index in [-0.39, 0.29) is 5.78 Å². The van der Waals surface area contributed by atoms with Crippen LogP contribution in [0.2, 0.25) is 0 Å². The van der Waals surface area contributed by atoms with Gasteiger partial charge in [-0.05, 0) is 29.7 Å². The summed E-state index contributed by atoms with van der Waals surface area (Å²) in [6, 6.07) is 13.7. The second-order valence-corrected chi connectivity index (χ2v) is 6.24. The van der Waals surface area contributed by atoms with E-state index in [1.54, 1.807) is 0 Å². The Bertz CT molecular complexity index is 711. The summed E-state index contributed by atoms with van der Waals surface area (Å²) in [5, 5.41) is 4.85. The maximum atomic E-state index is 12.6. The zero-order valence-electron chi connectivity index (χ0n) is 15.1. The Hall–Kier alpha value is -2.36. The topological polar surface area (TPSA) is 55.4 Å². The minimum Gasteiger partial charge on any atom is -0.433 e. The van der Waals surface area contributed by atoms with Crippen molar-refractivity contribution >= 4 is 22.6 Å². The minimum absolute atomic E-state index is 0.0530. The normalized spacial score (nSPS) is 11.9. The number of rotatable bonds is 9. The predicted molar refractivity (Wildman–Crippen MR) is 101 cm³/mol. The molecule has 4 nitrogen and oxygen atoms in total. The van der Waals surface area contributed by atoms with Crippen molar-refractivity contribution in [3.63, 3.8) is 0 Å². The Labute approximate surface area is 149 Å². The fourth-order valence-corrected chi connectivity index (χ4v) is 2.69. The molecule has 1 N–H and O–H groups in total. The summed E-state index contributed by atoms with van der Waals surface area (Å²) in [5.41, 5.74) is 0.727. The summed E-state index contributed by atoms with van der Waals surface area (Å²) in [5.74, 6) is -0.0530. The average Bonchev–Trinajstić information content (AvgIpc) is 2.64. The number of alkyl carbamates (subject to hydrolysis) is 1. The van der Waals surface area contributed by atoms with E-state index in [0.717, 1.165) is 42.0 Å². The van der Waals surface area contributed by atoms with Gasteiger partial charge in [0, 0.05) is 18.5 Å². The van der Waals surface area contributed by atoms with E-state index in [1.807, 2.05) is 49.4 Å². The molecule has 2 rings (SSSR count). The van der Waals surface area contributed by atoms with Gasteiger partial charge in [-0.25, -0.2) is 4.79 Å². The van der Waals surface area contributed by atoms with Gasteiger partial charge in [-0.3, -0.25) is 4.79 Å². The van der Waals surface area contributed by atoms with E-state index in [2.05, 4.69) is 12.2 Å². The van der Waals surface area contributed by atoms with Crippen molar-refractivity contribution in [2.24, 2.45) is 0 Å². The summed E-state index contributed by atoms with van der Waals surface area (Å²) >= 11 is 0. The van der Waals surface area contributed by atoms with Gasteiger partial charge in [-0.15, -0.1) is 0 Å². The highest BCUT2D eigenvalue weighted by molar-refractivity contribution is 5.89. The maximum absolute atomic E-state index is 12.6. The van der Waals surface area contributed by atoms with Gasteiger partial charge in [0.2, 0.25) is 0 Å². The van der Waals surface area contributed by atoms with Crippen LogP contribution in [0.3, 0.4) is 0 Å². The number of nitrogens with one attached hydrogen (secondary N) is 1. The third-order valence-electron chi connectivity index (χ3n) is 4.17. The lowest BCUT2D eigenvalue weighted by Gasteiger charge is -2.18. The first-order chi connectivity index (χ1) is 12.2. The van der Waals surface area contributed by atoms with Crippen molar-refractivity contribution in [1.82, 2.24) is 5.32 Å². The van der Waals surface area contributed by atoms with Crippen LogP contribution in [0.25, 0.3) is 10.8 Å². The molecule has 0 saturated heterocycles. The van der Waals surface area contributed by atoms with Crippen molar-refractivity contribution in [2.45, 2.75) is 52.1 Å². The van der Waals surface area contributed by atoms with Crippen LogP contribution < -0.4 is 5.32 Å². The lowest BCUT2D eigenvalue weighted by Crippen LogP contribution is -2.29. The molecule has 2 aromatic carbocycles. The molecular formula is C21H27NO3. The number of hydrogen-bond acceptors (Lipinski definition) is 3. The van der Waals surface area contributed by atoms with E-state index in [4.69, 9.17) is 4.74 Å². The third-order valence-corrected chi connectivity index (χ3v) is 4.17. The van der Waals surface area contributed by atoms with Crippen molar-refractivity contribution in [3.05, 3.63) is 48.0 Å². The fraction of sp³-hybridized carbons (Fsp3) is 0.429. The Morgan fingerprint density at radius 3 is 2.44 bits per heavy atom. The molecule has 0 fully saturated rings. The van der Waals surface area contributed by atoms with Crippen molar-refractivity contribution < 1.29 is 14.3 Å². The highest BCUT2D eigenvalue weighted by Crippen LogP contribution is 2.25. The Morgan fingerprint density at radius 2 is 1.72 bits per heavy atom. The molecule has 1 amide bonds. The SMILES string of the molecule is CCCCNC(=O)OC(C(=O)CCCC)c1ccc2ccccc2c1. The van der Waals surface area contributed by atoms with Crippen LogP contribution in [-0.4, -0.2) is 18.4 Å². The first-order valence-corrected chi connectivity index (χ1v) is 9.11. The number of ether oxygens (including phenoxy) is 1. The molecule has 2 aromatic rings. The van der Waals surface area contributed by atoms with E-state index in [0.29, 0.717) is 13.0 Å². The zero-order chi connectivity index (χ0) is 18.1. The molecule has 0 heterocycles. The molecule has 0 bridgehead atoms. The van der Waals surface area contributed by atoms with Crippen LogP contribution in [-0.2, 0) is 9.53 Å². The van der Waals surface area contributed by atoms with Gasteiger partial charge in [0.25, 0.3) is 0 Å². The van der Waals surface area contributed by atoms with Crippen LogP contribution in [0.4, 0.5) is 4.79 Å². The molecule has 0 aliphatic heterocycles. The van der Waals surface area contributed by atoms with E-state index in [1.165, 1.54) is 0 Å². The van der Waals surface area contributed by atoms with Crippen LogP contribution in [0.1, 0.15) is 57.6 Å². The van der Waals surface area contributed by atoms with Crippen molar-refractivity contribution in [2.75, 3.05) is 6.54 Å². The molecule has 25 heavy (non-hydrogen) atoms. The number of carbonyl (C=O) groups is 2. The van der Waals surface area contributed by atoms with Crippen molar-refractivity contribution in [1.29, 1.82) is 0 Å². The number of fused-ring (bicyclic) bond motifs is 1. The number of ketones is 1. The van der Waals surface area contributed by atoms with Gasteiger partial charge < -0.3 is 10.1 Å². The average molecular weight is 341 g/mol. The molecule has 0 radical (unpaired) electrons. The van der Waals surface area contributed by atoms with Gasteiger partial charge in [-0.2, -0.15) is 0 Å². The first-order valence-electron chi connectivity index (χ1n) is 9.11. The molecule has 0 saturated carbocycles. The molecule has 0 aromatic heterocycles. The summed E-state index contributed by atoms with van der Waals surface area (Å²) in [6.07, 6.45) is 2.64. The lowest BCUT2D eigenvalue weighted by molar-refractivity contribution is -0.127. The summed E-state index contributed by atoms with van der Waals surface area (Å²) in [4.78, 5) is 24.7. The summed E-state index contributed by atoms with van der Waals surface area (Å²) < 4.78 is 5.49. The Kier molecular flexibility index (Phi) is 7.45. The number of carbonyl (C=O) groups excluding carboxylic acids is 2. The van der Waals surface area contributed by atoms with E-state index in [9.17, 15) is 9.59 Å². The molecular weight excluding hydrogens is 314 g/mol. The highest BCUT2D eigenvalue weighted by Gasteiger charge is 2.24. The quantitative estimate of drug-likeness (QED) is 0.640. The zero-order valence-corrected chi connectivity index (χ0v) is 15.1. The monoisotopic (exact) mass is 341 g/mol. The number of unbranched alkanes of at least 4 members (excludes halogenated alkanes) is 2. The molecule has 1 unspecified atom stereocenters. The third kappa shape index (κ3) is 5.59. The molecule has 4 heteroatoms. The van der Waals surface area contributed by atoms with Gasteiger partial charge >= 0.3 is 6.09 Å². The van der Waals surface area contributed by atoms with Gasteiger partial charge in [0.15, 0.2) is 11.9 Å². The van der Waals surface area contributed by atoms with Crippen molar-refractivity contribution in [3.8, 4) is 0 Å². The lowest BCUT2D eigenvalue weighted by atomic mass is 9.98. The van der Waals surface area contributed by atoms with Crippen LogP contribution in [0, 0.1) is 0 Å². The Balaban J connectivity index is 2.19. The molecule has 1 atom stereocenters. The predicted octanol–water partition coefficient (Wildman–Crippen LogP) is 5.17. The molecule has 0 aliphatic carbocycles. The van der Waals surface area contributed by atoms with Crippen LogP contribution in [0.5, 0.6) is 0 Å². The van der Waals surface area contributed by atoms with Gasteiger partial charge in [-0.1, -0.05) is 63.1 Å². The van der Waals surface area contributed by atoms with E-state index >= 15 is 0 Å². The summed E-state index contributed by atoms with van der Waals surface area (Å²) in [7, 11) is 0. The number of hydrogen-bond donors (Lipinski definition) is 1. The van der Waals surface area contributed by atoms with E-state index < -0.39 is 12.2 Å². The fourth-order valence-electron chi connectivity index (χ4n) is 2.69. The molecule has 0 aliphatic rings. The van der Waals surface area contributed by atoms with Gasteiger partial charge in [0.05, 0.1) is 0 Å². The minimum atomic E-state index is -0.849. The van der Waals surface area contributed by atoms with Crippen LogP contribution in [0.15, 0.2) is 42.5 Å². The highest BCUT2D eigenvalue weighted by atomic mass is 16.6. The number of amides is 1. The number of Topliss-reactive ketones (excluding diaryl/α,β-unsaturated/α-hetero) is 1. The van der Waals surface area contributed by atoms with Gasteiger partial charge in [0.1, 0.15) is 0 Å². The standard InChI is InChI=1S/C21H27NO3/c1-3-5-11-19(23)20(25-21(24)22-14-6-4-2)18-13-12-16-9-7-8-10-17(16)15-18/h7-10,12-13,15,20H,3-6,11,14H2,1-2H3,(H,22,24). The molecule has 0 spiro atoms. The second kappa shape index (κ2) is 9.82. The first kappa shape index (κ1) is 19.0. The Morgan fingerprint density at radius 1 is 1.00 bits per heavy atom. The van der Waals surface area contributed by atoms with Crippen LogP contribution >= 0.6 is 0 Å².